The molecule has 1 aliphatic rings. The van der Waals surface area contributed by atoms with Gasteiger partial charge in [-0.25, -0.2) is 0 Å². The summed E-state index contributed by atoms with van der Waals surface area (Å²) in [5, 5.41) is 0. The molecule has 84 valence electrons. The molecule has 0 aromatic heterocycles. The molecular weight excluding hydrogens is 199 g/mol. The summed E-state index contributed by atoms with van der Waals surface area (Å²) in [7, 11) is -0.556. The Labute approximate surface area is 88.4 Å². The summed E-state index contributed by atoms with van der Waals surface area (Å²) in [6.07, 6.45) is 0.394. The van der Waals surface area contributed by atoms with E-state index in [0.717, 1.165) is 12.8 Å². The van der Waals surface area contributed by atoms with E-state index >= 15 is 0 Å². The SMILES string of the molecule is CCCCB1O[C@H](C(N)=O)[C@@H](C(N)=O)O1. The predicted octanol–water partition coefficient (Wildman–Crippen LogP) is -0.971. The smallest absolute Gasteiger partial charge is 0.397 e. The largest absolute Gasteiger partial charge is 0.458 e. The number of primary amides is 2. The van der Waals surface area contributed by atoms with Crippen LogP contribution in [0.3, 0.4) is 0 Å². The summed E-state index contributed by atoms with van der Waals surface area (Å²) in [6, 6.07) is 0. The Morgan fingerprint density at radius 2 is 1.67 bits per heavy atom. The number of hydrogen-bond acceptors (Lipinski definition) is 4. The lowest BCUT2D eigenvalue weighted by Gasteiger charge is -2.10. The van der Waals surface area contributed by atoms with Gasteiger partial charge in [-0.2, -0.15) is 0 Å². The molecule has 7 heteroatoms. The van der Waals surface area contributed by atoms with Gasteiger partial charge in [-0.3, -0.25) is 9.59 Å². The fourth-order valence-electron chi connectivity index (χ4n) is 1.44. The summed E-state index contributed by atoms with van der Waals surface area (Å²) < 4.78 is 10.4. The van der Waals surface area contributed by atoms with Gasteiger partial charge in [0.1, 0.15) is 0 Å². The third-order valence-electron chi connectivity index (χ3n) is 2.23. The molecule has 2 amide bonds. The van der Waals surface area contributed by atoms with Gasteiger partial charge in [0.2, 0.25) is 11.8 Å². The summed E-state index contributed by atoms with van der Waals surface area (Å²) in [6.45, 7) is 2.02. The van der Waals surface area contributed by atoms with Gasteiger partial charge in [0.25, 0.3) is 0 Å². The Morgan fingerprint density at radius 1 is 1.20 bits per heavy atom. The van der Waals surface area contributed by atoms with E-state index < -0.39 is 31.1 Å². The molecule has 0 spiro atoms. The second-order valence-corrected chi connectivity index (χ2v) is 3.49. The third kappa shape index (κ3) is 2.94. The van der Waals surface area contributed by atoms with Crippen molar-refractivity contribution in [3.63, 3.8) is 0 Å². The molecule has 1 fully saturated rings. The highest BCUT2D eigenvalue weighted by atomic mass is 16.7. The van der Waals surface area contributed by atoms with Crippen LogP contribution in [0.2, 0.25) is 6.32 Å². The zero-order chi connectivity index (χ0) is 11.4. The molecule has 0 unspecified atom stereocenters. The Hall–Kier alpha value is -1.08. The Kier molecular flexibility index (Phi) is 4.10. The predicted molar refractivity (Wildman–Crippen MR) is 53.6 cm³/mol. The first-order chi connectivity index (χ1) is 7.06. The van der Waals surface area contributed by atoms with Crippen LogP contribution in [0.15, 0.2) is 0 Å². The Balaban J connectivity index is 2.57. The van der Waals surface area contributed by atoms with E-state index in [1.807, 2.05) is 6.92 Å². The van der Waals surface area contributed by atoms with Gasteiger partial charge in [0.15, 0.2) is 12.2 Å². The van der Waals surface area contributed by atoms with Crippen molar-refractivity contribution in [3.8, 4) is 0 Å². The molecule has 0 bridgehead atoms. The standard InChI is InChI=1S/C8H15BN2O4/c1-2-3-4-9-14-5(7(10)12)6(15-9)8(11)13/h5-6H,2-4H2,1H3,(H2,10,12)(H2,11,13)/t5-,6-/m0/s1. The molecule has 1 saturated heterocycles. The normalized spacial score (nSPS) is 25.5. The van der Waals surface area contributed by atoms with E-state index in [-0.39, 0.29) is 0 Å². The summed E-state index contributed by atoms with van der Waals surface area (Å²) in [5.74, 6) is -1.45. The van der Waals surface area contributed by atoms with Gasteiger partial charge >= 0.3 is 7.12 Å². The quantitative estimate of drug-likeness (QED) is 0.574. The van der Waals surface area contributed by atoms with Gasteiger partial charge < -0.3 is 20.8 Å². The van der Waals surface area contributed by atoms with E-state index in [2.05, 4.69) is 0 Å². The van der Waals surface area contributed by atoms with Crippen LogP contribution in [0.4, 0.5) is 0 Å². The number of carbonyl (C=O) groups excluding carboxylic acids is 2. The fraction of sp³-hybridized carbons (Fsp3) is 0.750. The highest BCUT2D eigenvalue weighted by Crippen LogP contribution is 2.20. The van der Waals surface area contributed by atoms with Gasteiger partial charge in [0.05, 0.1) is 0 Å². The van der Waals surface area contributed by atoms with E-state index in [0.29, 0.717) is 6.32 Å². The lowest BCUT2D eigenvalue weighted by Crippen LogP contribution is -2.44. The molecule has 0 radical (unpaired) electrons. The highest BCUT2D eigenvalue weighted by Gasteiger charge is 2.45. The van der Waals surface area contributed by atoms with Crippen LogP contribution in [-0.2, 0) is 18.9 Å². The summed E-state index contributed by atoms with van der Waals surface area (Å²) in [4.78, 5) is 21.9. The molecule has 1 heterocycles. The maximum absolute atomic E-state index is 10.9. The lowest BCUT2D eigenvalue weighted by atomic mass is 9.83. The zero-order valence-electron chi connectivity index (χ0n) is 8.64. The number of carbonyl (C=O) groups is 2. The Morgan fingerprint density at radius 3 is 2.00 bits per heavy atom. The van der Waals surface area contributed by atoms with Crippen LogP contribution >= 0.6 is 0 Å². The van der Waals surface area contributed by atoms with Crippen molar-refractivity contribution in [2.75, 3.05) is 0 Å². The average Bonchev–Trinajstić information content (AvgIpc) is 2.58. The number of rotatable bonds is 5. The van der Waals surface area contributed by atoms with Crippen LogP contribution in [0.1, 0.15) is 19.8 Å². The average molecular weight is 214 g/mol. The van der Waals surface area contributed by atoms with Gasteiger partial charge in [-0.15, -0.1) is 0 Å². The lowest BCUT2D eigenvalue weighted by molar-refractivity contribution is -0.133. The zero-order valence-corrected chi connectivity index (χ0v) is 8.64. The number of unbranched alkanes of at least 4 members (excludes halogenated alkanes) is 1. The van der Waals surface area contributed by atoms with Crippen molar-refractivity contribution in [3.05, 3.63) is 0 Å². The molecule has 1 rings (SSSR count). The van der Waals surface area contributed by atoms with Crippen molar-refractivity contribution >= 4 is 18.9 Å². The molecule has 0 aromatic rings. The minimum Gasteiger partial charge on any atom is -0.397 e. The van der Waals surface area contributed by atoms with Crippen molar-refractivity contribution in [1.82, 2.24) is 0 Å². The van der Waals surface area contributed by atoms with Crippen molar-refractivity contribution in [2.24, 2.45) is 11.5 Å². The summed E-state index contributed by atoms with van der Waals surface area (Å²) in [5.41, 5.74) is 10.1. The Bertz CT molecular complexity index is 239. The molecule has 2 atom stereocenters. The van der Waals surface area contributed by atoms with Crippen LogP contribution in [-0.4, -0.2) is 31.1 Å². The minimum atomic E-state index is -1.05. The van der Waals surface area contributed by atoms with Gasteiger partial charge in [0, 0.05) is 0 Å². The number of nitrogens with two attached hydrogens (primary N) is 2. The second kappa shape index (κ2) is 5.13. The van der Waals surface area contributed by atoms with Crippen molar-refractivity contribution in [2.45, 2.75) is 38.3 Å². The fourth-order valence-corrected chi connectivity index (χ4v) is 1.44. The molecular formula is C8H15BN2O4. The van der Waals surface area contributed by atoms with Gasteiger partial charge in [-0.1, -0.05) is 19.8 Å². The first-order valence-corrected chi connectivity index (χ1v) is 4.95. The van der Waals surface area contributed by atoms with Crippen LogP contribution in [0.5, 0.6) is 0 Å². The molecule has 6 nitrogen and oxygen atoms in total. The van der Waals surface area contributed by atoms with Crippen molar-refractivity contribution < 1.29 is 18.9 Å². The second-order valence-electron chi connectivity index (χ2n) is 3.49. The number of amides is 2. The maximum Gasteiger partial charge on any atom is 0.458 e. The molecule has 4 N–H and O–H groups in total. The molecule has 1 aliphatic heterocycles. The first kappa shape index (κ1) is 12.0. The topological polar surface area (TPSA) is 105 Å². The molecule has 0 aliphatic carbocycles. The molecule has 0 aromatic carbocycles. The molecule has 0 saturated carbocycles. The van der Waals surface area contributed by atoms with Crippen LogP contribution < -0.4 is 11.5 Å². The van der Waals surface area contributed by atoms with E-state index in [1.165, 1.54) is 0 Å². The molecule has 15 heavy (non-hydrogen) atoms. The van der Waals surface area contributed by atoms with Gasteiger partial charge in [-0.05, 0) is 6.32 Å². The van der Waals surface area contributed by atoms with Crippen LogP contribution in [0, 0.1) is 0 Å². The first-order valence-electron chi connectivity index (χ1n) is 4.95. The summed E-state index contributed by atoms with van der Waals surface area (Å²) >= 11 is 0. The van der Waals surface area contributed by atoms with E-state index in [4.69, 9.17) is 20.8 Å². The van der Waals surface area contributed by atoms with Crippen LogP contribution in [0.25, 0.3) is 0 Å². The third-order valence-corrected chi connectivity index (χ3v) is 2.23. The van der Waals surface area contributed by atoms with Crippen molar-refractivity contribution in [1.29, 1.82) is 0 Å². The minimum absolute atomic E-state index is 0.556. The maximum atomic E-state index is 10.9. The van der Waals surface area contributed by atoms with E-state index in [9.17, 15) is 9.59 Å². The monoisotopic (exact) mass is 214 g/mol. The highest BCUT2D eigenvalue weighted by molar-refractivity contribution is 6.46. The number of hydrogen-bond donors (Lipinski definition) is 2. The van der Waals surface area contributed by atoms with E-state index in [1.54, 1.807) is 0 Å².